The van der Waals surface area contributed by atoms with Gasteiger partial charge >= 0.3 is 29.0 Å². The van der Waals surface area contributed by atoms with Gasteiger partial charge in [0.15, 0.2) is 0 Å². The molecule has 6 heteroatoms. The molecular formula is C5H4MgO5. The Labute approximate surface area is 78.7 Å². The van der Waals surface area contributed by atoms with Gasteiger partial charge in [0.2, 0.25) is 0 Å². The van der Waals surface area contributed by atoms with Crippen LogP contribution in [0.15, 0.2) is 11.6 Å². The summed E-state index contributed by atoms with van der Waals surface area (Å²) in [6.45, 7) is 1.13. The molecular weight excluding hydrogens is 164 g/mol. The second-order valence-electron chi connectivity index (χ2n) is 1.52. The van der Waals surface area contributed by atoms with E-state index in [2.05, 4.69) is 4.89 Å². The molecule has 0 rings (SSSR count). The number of carboxylic acids is 1. The van der Waals surface area contributed by atoms with E-state index in [1.165, 1.54) is 0 Å². The Morgan fingerprint density at radius 1 is 1.45 bits per heavy atom. The van der Waals surface area contributed by atoms with Gasteiger partial charge in [0.25, 0.3) is 0 Å². The smallest absolute Gasteiger partial charge is 0.661 e. The first-order valence-electron chi connectivity index (χ1n) is 2.31. The molecule has 0 heterocycles. The van der Waals surface area contributed by atoms with Gasteiger partial charge in [-0.25, -0.2) is 4.79 Å². The monoisotopic (exact) mass is 168 g/mol. The van der Waals surface area contributed by atoms with E-state index in [0.717, 1.165) is 6.92 Å². The molecule has 0 unspecified atom stereocenters. The Kier molecular flexibility index (Phi) is 7.27. The molecule has 11 heavy (non-hydrogen) atoms. The van der Waals surface area contributed by atoms with E-state index in [0.29, 0.717) is 6.08 Å². The standard InChI is InChI=1S/C5H6O5.Mg/c1-3(2-4(6)7)5(8)10-9;/h2,9H,1H3,(H,6,7);/q;+2/p-2/b3-2-;. The van der Waals surface area contributed by atoms with Gasteiger partial charge in [-0.1, -0.05) is 0 Å². The van der Waals surface area contributed by atoms with Crippen LogP contribution in [-0.2, 0) is 14.5 Å². The largest absolute Gasteiger partial charge is 2.00 e. The molecule has 0 aliphatic rings. The van der Waals surface area contributed by atoms with Crippen LogP contribution in [-0.4, -0.2) is 35.0 Å². The van der Waals surface area contributed by atoms with Gasteiger partial charge in [0.1, 0.15) is 0 Å². The Morgan fingerprint density at radius 3 is 2.18 bits per heavy atom. The predicted molar refractivity (Wildman–Crippen MR) is 30.6 cm³/mol. The quantitative estimate of drug-likeness (QED) is 0.191. The molecule has 0 aromatic rings. The third-order valence-corrected chi connectivity index (χ3v) is 0.732. The fourth-order valence-corrected chi connectivity index (χ4v) is 0.301. The van der Waals surface area contributed by atoms with Crippen molar-refractivity contribution in [3.63, 3.8) is 0 Å². The SMILES string of the molecule is C/C(=C/C(=O)[O-])C(=O)O[O-].[Mg+2]. The van der Waals surface area contributed by atoms with E-state index < -0.39 is 11.9 Å². The molecule has 0 aliphatic heterocycles. The van der Waals surface area contributed by atoms with Crippen molar-refractivity contribution in [1.82, 2.24) is 0 Å². The second-order valence-corrected chi connectivity index (χ2v) is 1.52. The van der Waals surface area contributed by atoms with Gasteiger partial charge in [-0.2, -0.15) is 0 Å². The average Bonchev–Trinajstić information content (AvgIpc) is 1.85. The van der Waals surface area contributed by atoms with E-state index in [1.54, 1.807) is 0 Å². The number of aliphatic carboxylic acids is 1. The van der Waals surface area contributed by atoms with E-state index in [1.807, 2.05) is 0 Å². The molecule has 0 bridgehead atoms. The van der Waals surface area contributed by atoms with Gasteiger partial charge in [-0.15, -0.1) is 0 Å². The van der Waals surface area contributed by atoms with Crippen molar-refractivity contribution in [2.75, 3.05) is 0 Å². The first-order valence-corrected chi connectivity index (χ1v) is 2.31. The third kappa shape index (κ3) is 5.83. The number of carbonyl (C=O) groups is 2. The molecule has 0 amide bonds. The molecule has 56 valence electrons. The van der Waals surface area contributed by atoms with Gasteiger partial charge in [0.05, 0.1) is 5.97 Å². The predicted octanol–water partition coefficient (Wildman–Crippen LogP) is -2.88. The summed E-state index contributed by atoms with van der Waals surface area (Å²) >= 11 is 0. The second kappa shape index (κ2) is 6.14. The van der Waals surface area contributed by atoms with Crippen molar-refractivity contribution in [3.05, 3.63) is 11.6 Å². The maximum absolute atomic E-state index is 10.2. The molecule has 0 atom stereocenters. The molecule has 0 radical (unpaired) electrons. The van der Waals surface area contributed by atoms with Crippen LogP contribution >= 0.6 is 0 Å². The van der Waals surface area contributed by atoms with Crippen molar-refractivity contribution in [1.29, 1.82) is 0 Å². The summed E-state index contributed by atoms with van der Waals surface area (Å²) in [7, 11) is 0. The van der Waals surface area contributed by atoms with Gasteiger partial charge in [-0.05, 0) is 13.0 Å². The van der Waals surface area contributed by atoms with Crippen LogP contribution in [0.4, 0.5) is 0 Å². The minimum atomic E-state index is -1.54. The summed E-state index contributed by atoms with van der Waals surface area (Å²) in [5.41, 5.74) is -0.296. The minimum absolute atomic E-state index is 0. The average molecular weight is 168 g/mol. The van der Waals surface area contributed by atoms with Gasteiger partial charge in [-0.3, -0.25) is 0 Å². The molecule has 0 aromatic carbocycles. The van der Waals surface area contributed by atoms with Crippen molar-refractivity contribution in [3.8, 4) is 0 Å². The van der Waals surface area contributed by atoms with Crippen LogP contribution in [0.25, 0.3) is 0 Å². The van der Waals surface area contributed by atoms with Crippen LogP contribution in [0.3, 0.4) is 0 Å². The Morgan fingerprint density at radius 2 is 1.91 bits per heavy atom. The van der Waals surface area contributed by atoms with Crippen molar-refractivity contribution in [2.45, 2.75) is 6.92 Å². The molecule has 0 aromatic heterocycles. The zero-order chi connectivity index (χ0) is 8.15. The molecule has 0 fully saturated rings. The molecule has 5 nitrogen and oxygen atoms in total. The summed E-state index contributed by atoms with van der Waals surface area (Å²) in [6.07, 6.45) is 0.486. The van der Waals surface area contributed by atoms with Gasteiger partial charge in [0, 0.05) is 5.57 Å². The molecule has 0 saturated carbocycles. The minimum Gasteiger partial charge on any atom is -0.661 e. The van der Waals surface area contributed by atoms with Crippen LogP contribution in [0.2, 0.25) is 0 Å². The topological polar surface area (TPSA) is 89.5 Å². The maximum Gasteiger partial charge on any atom is 2.00 e. The van der Waals surface area contributed by atoms with E-state index in [-0.39, 0.29) is 28.6 Å². The van der Waals surface area contributed by atoms with Crippen molar-refractivity contribution >= 4 is 35.0 Å². The van der Waals surface area contributed by atoms with Crippen molar-refractivity contribution in [2.24, 2.45) is 0 Å². The van der Waals surface area contributed by atoms with E-state index in [9.17, 15) is 20.0 Å². The normalized spacial score (nSPS) is 9.82. The fraction of sp³-hybridized carbons (Fsp3) is 0.200. The van der Waals surface area contributed by atoms with Crippen LogP contribution in [0, 0.1) is 0 Å². The van der Waals surface area contributed by atoms with Crippen molar-refractivity contribution < 1.29 is 24.8 Å². The van der Waals surface area contributed by atoms with E-state index >= 15 is 0 Å². The maximum atomic E-state index is 10.2. The zero-order valence-electron chi connectivity index (χ0n) is 5.83. The summed E-state index contributed by atoms with van der Waals surface area (Å²) < 4.78 is 0. The van der Waals surface area contributed by atoms with Crippen LogP contribution in [0.5, 0.6) is 0 Å². The van der Waals surface area contributed by atoms with Gasteiger partial charge < -0.3 is 20.0 Å². The molecule has 0 aliphatic carbocycles. The Balaban J connectivity index is 0. The summed E-state index contributed by atoms with van der Waals surface area (Å²) in [6, 6.07) is 0. The molecule has 0 spiro atoms. The zero-order valence-corrected chi connectivity index (χ0v) is 7.24. The number of rotatable bonds is 2. The fourth-order valence-electron chi connectivity index (χ4n) is 0.301. The Bertz CT molecular complexity index is 185. The number of carbonyl (C=O) groups excluding carboxylic acids is 2. The number of carboxylic acid groups (broad SMARTS) is 1. The van der Waals surface area contributed by atoms with E-state index in [4.69, 9.17) is 0 Å². The van der Waals surface area contributed by atoms with Crippen LogP contribution < -0.4 is 10.4 Å². The summed E-state index contributed by atoms with van der Waals surface area (Å²) in [5, 5.41) is 19.1. The summed E-state index contributed by atoms with van der Waals surface area (Å²) in [5.74, 6) is -2.76. The molecule has 0 N–H and O–H groups in total. The first-order chi connectivity index (χ1) is 4.57. The molecule has 0 saturated heterocycles. The first kappa shape index (κ1) is 13.0. The van der Waals surface area contributed by atoms with Crippen LogP contribution in [0.1, 0.15) is 6.92 Å². The number of hydrogen-bond donors (Lipinski definition) is 0. The number of hydrogen-bond acceptors (Lipinski definition) is 5. The Hall–Kier alpha value is -0.594. The summed E-state index contributed by atoms with van der Waals surface area (Å²) in [4.78, 5) is 22.9. The third-order valence-electron chi connectivity index (χ3n) is 0.732.